The van der Waals surface area contributed by atoms with Crippen LogP contribution in [0.15, 0.2) is 78.4 Å². The quantitative estimate of drug-likeness (QED) is 0.515. The monoisotopic (exact) mass is 387 g/mol. The molecule has 4 rings (SSSR count). The van der Waals surface area contributed by atoms with Gasteiger partial charge in [-0.25, -0.2) is 4.98 Å². The summed E-state index contributed by atoms with van der Waals surface area (Å²) in [5.41, 5.74) is 4.15. The molecule has 0 saturated heterocycles. The number of rotatable bonds is 5. The van der Waals surface area contributed by atoms with E-state index in [9.17, 15) is 4.79 Å². The molecule has 0 aliphatic carbocycles. The molecule has 0 aliphatic heterocycles. The van der Waals surface area contributed by atoms with Gasteiger partial charge < -0.3 is 10.1 Å². The van der Waals surface area contributed by atoms with E-state index in [1.165, 1.54) is 0 Å². The topological polar surface area (TPSA) is 64.1 Å². The maximum Gasteiger partial charge on any atom is 0.259 e. The van der Waals surface area contributed by atoms with Crippen LogP contribution in [-0.2, 0) is 0 Å². The second kappa shape index (κ2) is 8.02. The van der Waals surface area contributed by atoms with Crippen LogP contribution in [0.2, 0.25) is 0 Å². The Labute approximate surface area is 166 Å². The summed E-state index contributed by atoms with van der Waals surface area (Å²) in [5, 5.41) is 5.87. The number of hydrogen-bond acceptors (Lipinski definition) is 5. The summed E-state index contributed by atoms with van der Waals surface area (Å²) in [6.07, 6.45) is 3.52. The molecule has 6 heteroatoms. The normalized spacial score (nSPS) is 10.5. The van der Waals surface area contributed by atoms with Gasteiger partial charge in [0.15, 0.2) is 0 Å². The third-order valence-electron chi connectivity index (χ3n) is 4.22. The lowest BCUT2D eigenvalue weighted by molar-refractivity contribution is 0.102. The van der Waals surface area contributed by atoms with E-state index in [1.807, 2.05) is 53.9 Å². The molecule has 5 nitrogen and oxygen atoms in total. The van der Waals surface area contributed by atoms with Gasteiger partial charge in [0.1, 0.15) is 10.8 Å². The van der Waals surface area contributed by atoms with E-state index in [0.29, 0.717) is 17.0 Å². The lowest BCUT2D eigenvalue weighted by Crippen LogP contribution is -2.12. The number of methoxy groups -OCH3 is 1. The van der Waals surface area contributed by atoms with Gasteiger partial charge in [-0.2, -0.15) is 0 Å². The standard InChI is InChI=1S/C22H17N3O2S/c1-27-20-5-3-2-4-18(20)21(26)24-17-8-6-15(7-9-17)19-14-28-22(25-19)16-10-12-23-13-11-16/h2-14H,1H3,(H,24,26). The van der Waals surface area contributed by atoms with Gasteiger partial charge in [0.2, 0.25) is 0 Å². The van der Waals surface area contributed by atoms with Crippen LogP contribution in [0, 0.1) is 0 Å². The van der Waals surface area contributed by atoms with E-state index < -0.39 is 0 Å². The second-order valence-electron chi connectivity index (χ2n) is 6.01. The zero-order valence-electron chi connectivity index (χ0n) is 15.1. The molecule has 0 saturated carbocycles. The van der Waals surface area contributed by atoms with E-state index in [4.69, 9.17) is 9.72 Å². The first-order chi connectivity index (χ1) is 13.7. The van der Waals surface area contributed by atoms with Crippen molar-refractivity contribution in [2.75, 3.05) is 12.4 Å². The number of nitrogens with one attached hydrogen (secondary N) is 1. The number of hydrogen-bond donors (Lipinski definition) is 1. The smallest absolute Gasteiger partial charge is 0.259 e. The fourth-order valence-electron chi connectivity index (χ4n) is 2.79. The largest absolute Gasteiger partial charge is 0.496 e. The van der Waals surface area contributed by atoms with Crippen molar-refractivity contribution in [1.82, 2.24) is 9.97 Å². The Morgan fingerprint density at radius 1 is 0.964 bits per heavy atom. The Kier molecular flexibility index (Phi) is 5.12. The highest BCUT2D eigenvalue weighted by atomic mass is 32.1. The van der Waals surface area contributed by atoms with E-state index in [-0.39, 0.29) is 5.91 Å². The molecule has 0 spiro atoms. The van der Waals surface area contributed by atoms with E-state index in [1.54, 1.807) is 43.0 Å². The van der Waals surface area contributed by atoms with Crippen LogP contribution >= 0.6 is 11.3 Å². The van der Waals surface area contributed by atoms with Crippen molar-refractivity contribution in [1.29, 1.82) is 0 Å². The molecule has 1 N–H and O–H groups in total. The van der Waals surface area contributed by atoms with Crippen molar-refractivity contribution in [3.8, 4) is 27.6 Å². The Morgan fingerprint density at radius 2 is 1.71 bits per heavy atom. The minimum absolute atomic E-state index is 0.209. The molecule has 0 atom stereocenters. The molecule has 0 radical (unpaired) electrons. The Balaban J connectivity index is 1.50. The van der Waals surface area contributed by atoms with Gasteiger partial charge in [-0.1, -0.05) is 24.3 Å². The number of carbonyl (C=O) groups excluding carboxylic acids is 1. The van der Waals surface area contributed by atoms with Crippen molar-refractivity contribution in [2.24, 2.45) is 0 Å². The molecule has 0 fully saturated rings. The average molecular weight is 387 g/mol. The fraction of sp³-hybridized carbons (Fsp3) is 0.0455. The van der Waals surface area contributed by atoms with E-state index >= 15 is 0 Å². The van der Waals surface area contributed by atoms with Crippen molar-refractivity contribution >= 4 is 22.9 Å². The summed E-state index contributed by atoms with van der Waals surface area (Å²) in [6.45, 7) is 0. The van der Waals surface area contributed by atoms with Crippen molar-refractivity contribution in [3.05, 3.63) is 84.0 Å². The molecule has 4 aromatic rings. The third kappa shape index (κ3) is 3.77. The molecular weight excluding hydrogens is 370 g/mol. The van der Waals surface area contributed by atoms with Gasteiger partial charge in [0.05, 0.1) is 18.4 Å². The molecule has 2 heterocycles. The summed E-state index contributed by atoms with van der Waals surface area (Å²) in [4.78, 5) is 21.2. The van der Waals surface area contributed by atoms with Crippen molar-refractivity contribution < 1.29 is 9.53 Å². The predicted molar refractivity (Wildman–Crippen MR) is 112 cm³/mol. The van der Waals surface area contributed by atoms with Crippen LogP contribution in [0.1, 0.15) is 10.4 Å². The van der Waals surface area contributed by atoms with Crippen molar-refractivity contribution in [2.45, 2.75) is 0 Å². The summed E-state index contributed by atoms with van der Waals surface area (Å²) in [5.74, 6) is 0.335. The van der Waals surface area contributed by atoms with Gasteiger partial charge >= 0.3 is 0 Å². The maximum atomic E-state index is 12.5. The first kappa shape index (κ1) is 17.9. The van der Waals surface area contributed by atoms with Crippen molar-refractivity contribution in [3.63, 3.8) is 0 Å². The van der Waals surface area contributed by atoms with Crippen LogP contribution < -0.4 is 10.1 Å². The Bertz CT molecular complexity index is 1090. The molecule has 138 valence electrons. The number of amides is 1. The lowest BCUT2D eigenvalue weighted by atomic mass is 10.1. The number of pyridine rings is 1. The predicted octanol–water partition coefficient (Wildman–Crippen LogP) is 5.13. The number of nitrogens with zero attached hydrogens (tertiary/aromatic N) is 2. The third-order valence-corrected chi connectivity index (χ3v) is 5.11. The van der Waals surface area contributed by atoms with E-state index in [2.05, 4.69) is 10.3 Å². The fourth-order valence-corrected chi connectivity index (χ4v) is 3.62. The summed E-state index contributed by atoms with van der Waals surface area (Å²) in [7, 11) is 1.55. The summed E-state index contributed by atoms with van der Waals surface area (Å²) in [6, 6.07) is 18.7. The molecule has 2 aromatic carbocycles. The number of thiazole rings is 1. The number of ether oxygens (including phenoxy) is 1. The van der Waals surface area contributed by atoms with Crippen LogP contribution in [-0.4, -0.2) is 23.0 Å². The van der Waals surface area contributed by atoms with Gasteiger partial charge in [-0.15, -0.1) is 11.3 Å². The van der Waals surface area contributed by atoms with Gasteiger partial charge in [0.25, 0.3) is 5.91 Å². The summed E-state index contributed by atoms with van der Waals surface area (Å²) >= 11 is 1.59. The summed E-state index contributed by atoms with van der Waals surface area (Å²) < 4.78 is 5.25. The molecule has 2 aromatic heterocycles. The first-order valence-electron chi connectivity index (χ1n) is 8.65. The minimum atomic E-state index is -0.209. The number of aromatic nitrogens is 2. The number of para-hydroxylation sites is 1. The van der Waals surface area contributed by atoms with Gasteiger partial charge in [-0.05, 0) is 36.4 Å². The molecular formula is C22H17N3O2S. The SMILES string of the molecule is COc1ccccc1C(=O)Nc1ccc(-c2csc(-c3ccncc3)n2)cc1. The highest BCUT2D eigenvalue weighted by molar-refractivity contribution is 7.13. The first-order valence-corrected chi connectivity index (χ1v) is 9.53. The number of carbonyl (C=O) groups is 1. The zero-order chi connectivity index (χ0) is 19.3. The molecule has 0 unspecified atom stereocenters. The molecule has 1 amide bonds. The van der Waals surface area contributed by atoms with E-state index in [0.717, 1.165) is 21.8 Å². The average Bonchev–Trinajstić information content (AvgIpc) is 3.25. The highest BCUT2D eigenvalue weighted by Gasteiger charge is 2.12. The number of anilines is 1. The van der Waals surface area contributed by atoms with Crippen LogP contribution in [0.5, 0.6) is 5.75 Å². The molecule has 0 bridgehead atoms. The Hall–Kier alpha value is -3.51. The zero-order valence-corrected chi connectivity index (χ0v) is 15.9. The molecule has 0 aliphatic rings. The highest BCUT2D eigenvalue weighted by Crippen LogP contribution is 2.29. The van der Waals surface area contributed by atoms with Gasteiger partial charge in [0, 0.05) is 34.6 Å². The Morgan fingerprint density at radius 3 is 2.46 bits per heavy atom. The lowest BCUT2D eigenvalue weighted by Gasteiger charge is -2.09. The molecule has 28 heavy (non-hydrogen) atoms. The number of benzene rings is 2. The minimum Gasteiger partial charge on any atom is -0.496 e. The maximum absolute atomic E-state index is 12.5. The van der Waals surface area contributed by atoms with Crippen LogP contribution in [0.3, 0.4) is 0 Å². The van der Waals surface area contributed by atoms with Gasteiger partial charge in [-0.3, -0.25) is 9.78 Å². The van der Waals surface area contributed by atoms with Crippen LogP contribution in [0.25, 0.3) is 21.8 Å². The van der Waals surface area contributed by atoms with Crippen LogP contribution in [0.4, 0.5) is 5.69 Å². The second-order valence-corrected chi connectivity index (χ2v) is 6.86.